The predicted molar refractivity (Wildman–Crippen MR) is 172 cm³/mol. The standard InChI is InChI=1S/C32H54BNO6SSi/c1-21(2)20-37-29(36)18-23(39-42(9,10)30(3,4)5)13-14-27(34-28(35)19-24-12-11-15-41-24)33-38-26-17-22-16-25(31(22,6)7)32(26,8)40-33/h11-12,15,21-23,25-27H,13-14,16-20H2,1-10H3,(H,34,35)/t22-,23-,25-,26+,27-,32-/m0/s1. The Kier molecular flexibility index (Phi) is 10.2. The Bertz CT molecular complexity index is 1090. The van der Waals surface area contributed by atoms with Crippen molar-refractivity contribution in [3.63, 3.8) is 0 Å². The van der Waals surface area contributed by atoms with Gasteiger partial charge < -0.3 is 23.8 Å². The van der Waals surface area contributed by atoms with E-state index >= 15 is 0 Å². The number of hydrogen-bond donors (Lipinski definition) is 1. The molecule has 1 aromatic rings. The van der Waals surface area contributed by atoms with Gasteiger partial charge in [0.2, 0.25) is 5.91 Å². The fourth-order valence-electron chi connectivity index (χ4n) is 6.84. The molecule has 0 radical (unpaired) electrons. The van der Waals surface area contributed by atoms with Crippen LogP contribution >= 0.6 is 11.3 Å². The number of nitrogens with one attached hydrogen (secondary N) is 1. The molecule has 2 heterocycles. The number of esters is 1. The van der Waals surface area contributed by atoms with E-state index in [1.165, 1.54) is 6.42 Å². The summed E-state index contributed by atoms with van der Waals surface area (Å²) in [5, 5.41) is 5.26. The molecule has 2 bridgehead atoms. The van der Waals surface area contributed by atoms with Crippen LogP contribution in [-0.2, 0) is 34.5 Å². The Balaban J connectivity index is 1.51. The molecular formula is C32H54BNO6SSi. The van der Waals surface area contributed by atoms with Crippen LogP contribution in [0.4, 0.5) is 0 Å². The minimum absolute atomic E-state index is 0.00299. The van der Waals surface area contributed by atoms with Crippen LogP contribution in [0.3, 0.4) is 0 Å². The van der Waals surface area contributed by atoms with Gasteiger partial charge in [0.1, 0.15) is 0 Å². The molecule has 10 heteroatoms. The molecule has 1 aliphatic heterocycles. The van der Waals surface area contributed by atoms with Crippen molar-refractivity contribution in [3.05, 3.63) is 22.4 Å². The van der Waals surface area contributed by atoms with Gasteiger partial charge in [-0.2, -0.15) is 0 Å². The van der Waals surface area contributed by atoms with Crippen LogP contribution in [0.15, 0.2) is 17.5 Å². The third kappa shape index (κ3) is 7.36. The number of amides is 1. The summed E-state index contributed by atoms with van der Waals surface area (Å²) in [7, 11) is -2.71. The van der Waals surface area contributed by atoms with E-state index in [0.717, 1.165) is 11.3 Å². The van der Waals surface area contributed by atoms with Crippen molar-refractivity contribution in [2.45, 2.75) is 136 Å². The average Bonchev–Trinajstić information content (AvgIpc) is 3.50. The Morgan fingerprint density at radius 3 is 2.50 bits per heavy atom. The molecule has 0 spiro atoms. The molecule has 42 heavy (non-hydrogen) atoms. The van der Waals surface area contributed by atoms with Gasteiger partial charge in [-0.1, -0.05) is 54.5 Å². The largest absolute Gasteiger partial charge is 0.481 e. The van der Waals surface area contributed by atoms with Gasteiger partial charge in [-0.25, -0.2) is 0 Å². The Hall–Kier alpha value is -1.20. The third-order valence-electron chi connectivity index (χ3n) is 10.6. The van der Waals surface area contributed by atoms with Crippen molar-refractivity contribution in [1.82, 2.24) is 5.32 Å². The molecule has 3 saturated carbocycles. The maximum Gasteiger partial charge on any atom is 0.481 e. The van der Waals surface area contributed by atoms with Crippen molar-refractivity contribution in [2.75, 3.05) is 6.61 Å². The van der Waals surface area contributed by atoms with Crippen LogP contribution in [0.25, 0.3) is 0 Å². The Labute approximate surface area is 259 Å². The quantitative estimate of drug-likeness (QED) is 0.193. The second-order valence-electron chi connectivity index (χ2n) is 15.6. The molecule has 0 unspecified atom stereocenters. The highest BCUT2D eigenvalue weighted by Crippen LogP contribution is 2.65. The molecule has 5 rings (SSSR count). The summed E-state index contributed by atoms with van der Waals surface area (Å²) in [6.45, 7) is 22.4. The summed E-state index contributed by atoms with van der Waals surface area (Å²) in [6.07, 6.45) is 3.57. The zero-order chi connectivity index (χ0) is 31.1. The summed E-state index contributed by atoms with van der Waals surface area (Å²) in [4.78, 5) is 27.1. The van der Waals surface area contributed by atoms with E-state index < -0.39 is 15.4 Å². The lowest BCUT2D eigenvalue weighted by atomic mass is 9.43. The summed E-state index contributed by atoms with van der Waals surface area (Å²) in [5.41, 5.74) is -0.128. The SMILES string of the molecule is CC(C)COC(=O)C[C@H](CC[C@H](NC(=O)Cc1cccs1)B1O[C@@H]2C[C@@H]3C[C@@H](C3(C)C)[C@]2(C)O1)O[Si](C)(C)C(C)(C)C. The van der Waals surface area contributed by atoms with Gasteiger partial charge in [0.25, 0.3) is 0 Å². The molecule has 4 fully saturated rings. The van der Waals surface area contributed by atoms with Crippen molar-refractivity contribution < 1.29 is 28.1 Å². The summed E-state index contributed by atoms with van der Waals surface area (Å²) >= 11 is 1.58. The zero-order valence-corrected chi connectivity index (χ0v) is 29.4. The first kappa shape index (κ1) is 33.7. The first-order chi connectivity index (χ1) is 19.4. The molecule has 3 aliphatic carbocycles. The highest BCUT2D eigenvalue weighted by molar-refractivity contribution is 7.10. The molecule has 236 valence electrons. The number of carbonyl (C=O) groups excluding carboxylic acids is 2. The van der Waals surface area contributed by atoms with Crippen LogP contribution in [0.1, 0.15) is 92.4 Å². The maximum absolute atomic E-state index is 13.3. The van der Waals surface area contributed by atoms with Gasteiger partial charge in [-0.15, -0.1) is 11.3 Å². The van der Waals surface area contributed by atoms with Crippen LogP contribution in [0, 0.1) is 23.2 Å². The minimum Gasteiger partial charge on any atom is -0.465 e. The number of rotatable bonds is 13. The van der Waals surface area contributed by atoms with E-state index in [4.69, 9.17) is 18.5 Å². The molecule has 0 aromatic carbocycles. The summed E-state index contributed by atoms with van der Waals surface area (Å²) in [6, 6.07) is 3.95. The highest BCUT2D eigenvalue weighted by Gasteiger charge is 2.68. The highest BCUT2D eigenvalue weighted by atomic mass is 32.1. The molecule has 1 amide bonds. The van der Waals surface area contributed by atoms with Gasteiger partial charge in [0.05, 0.1) is 43.2 Å². The second kappa shape index (κ2) is 12.7. The van der Waals surface area contributed by atoms with Crippen LogP contribution < -0.4 is 5.32 Å². The van der Waals surface area contributed by atoms with Crippen LogP contribution in [-0.4, -0.2) is 57.7 Å². The predicted octanol–water partition coefficient (Wildman–Crippen LogP) is 6.80. The van der Waals surface area contributed by atoms with Crippen LogP contribution in [0.2, 0.25) is 18.1 Å². The van der Waals surface area contributed by atoms with Gasteiger partial charge in [-0.3, -0.25) is 9.59 Å². The molecule has 1 aromatic heterocycles. The van der Waals surface area contributed by atoms with Crippen molar-refractivity contribution in [1.29, 1.82) is 0 Å². The first-order valence-corrected chi connectivity index (χ1v) is 19.7. The maximum atomic E-state index is 13.3. The van der Waals surface area contributed by atoms with Gasteiger partial charge in [-0.05, 0) is 85.4 Å². The van der Waals surface area contributed by atoms with Crippen molar-refractivity contribution >= 4 is 38.6 Å². The molecule has 4 aliphatic rings. The summed E-state index contributed by atoms with van der Waals surface area (Å²) < 4.78 is 25.8. The van der Waals surface area contributed by atoms with E-state index in [1.54, 1.807) is 11.3 Å². The fourth-order valence-corrected chi connectivity index (χ4v) is 8.93. The summed E-state index contributed by atoms with van der Waals surface area (Å²) in [5.74, 6) is 0.726. The Morgan fingerprint density at radius 1 is 1.19 bits per heavy atom. The van der Waals surface area contributed by atoms with E-state index in [-0.39, 0.29) is 58.4 Å². The number of ether oxygens (including phenoxy) is 1. The first-order valence-electron chi connectivity index (χ1n) is 15.9. The molecule has 1 N–H and O–H groups in total. The third-order valence-corrected chi connectivity index (χ3v) is 16.0. The Morgan fingerprint density at radius 2 is 1.90 bits per heavy atom. The van der Waals surface area contributed by atoms with E-state index in [2.05, 4.69) is 60.0 Å². The number of thiophene rings is 1. The van der Waals surface area contributed by atoms with Crippen molar-refractivity contribution in [3.8, 4) is 0 Å². The number of carbonyl (C=O) groups is 2. The fraction of sp³-hybridized carbons (Fsp3) is 0.812. The molecule has 7 nitrogen and oxygen atoms in total. The smallest absolute Gasteiger partial charge is 0.465 e. The minimum atomic E-state index is -2.17. The second-order valence-corrected chi connectivity index (χ2v) is 21.4. The topological polar surface area (TPSA) is 83.1 Å². The average molecular weight is 620 g/mol. The van der Waals surface area contributed by atoms with Crippen molar-refractivity contribution in [2.24, 2.45) is 23.2 Å². The van der Waals surface area contributed by atoms with Gasteiger partial charge in [0.15, 0.2) is 8.32 Å². The monoisotopic (exact) mass is 619 g/mol. The normalized spacial score (nSPS) is 28.2. The lowest BCUT2D eigenvalue weighted by Crippen LogP contribution is -2.65. The lowest BCUT2D eigenvalue weighted by Gasteiger charge is -2.64. The molecule has 1 saturated heterocycles. The zero-order valence-electron chi connectivity index (χ0n) is 27.6. The van der Waals surface area contributed by atoms with E-state index in [0.29, 0.717) is 37.7 Å². The number of hydrogen-bond acceptors (Lipinski definition) is 7. The van der Waals surface area contributed by atoms with Gasteiger partial charge in [0, 0.05) is 4.88 Å². The van der Waals surface area contributed by atoms with E-state index in [1.807, 2.05) is 31.4 Å². The lowest BCUT2D eigenvalue weighted by molar-refractivity contribution is -0.199. The van der Waals surface area contributed by atoms with Gasteiger partial charge >= 0.3 is 13.1 Å². The van der Waals surface area contributed by atoms with E-state index in [9.17, 15) is 9.59 Å². The molecule has 6 atom stereocenters. The van der Waals surface area contributed by atoms with Crippen LogP contribution in [0.5, 0.6) is 0 Å². The molecular weight excluding hydrogens is 565 g/mol.